The maximum absolute atomic E-state index is 10.4. The monoisotopic (exact) mass is 198 g/mol. The molecule has 0 saturated carbocycles. The van der Waals surface area contributed by atoms with Gasteiger partial charge in [0.2, 0.25) is 0 Å². The van der Waals surface area contributed by atoms with E-state index in [2.05, 4.69) is 0 Å². The van der Waals surface area contributed by atoms with E-state index < -0.39 is 0 Å². The number of ether oxygens (including phenoxy) is 1. The summed E-state index contributed by atoms with van der Waals surface area (Å²) in [6, 6.07) is 3.85. The molecule has 0 aliphatic heterocycles. The van der Waals surface area contributed by atoms with Gasteiger partial charge in [-0.25, -0.2) is 0 Å². The third-order valence-corrected chi connectivity index (χ3v) is 3.70. The van der Waals surface area contributed by atoms with Gasteiger partial charge in [0.05, 0.1) is 12.0 Å². The van der Waals surface area contributed by atoms with Gasteiger partial charge < -0.3 is 4.74 Å². The highest BCUT2D eigenvalue weighted by molar-refractivity contribution is 7.29. The Hall–Kier alpha value is -0.870. The van der Waals surface area contributed by atoms with Gasteiger partial charge >= 0.3 is 0 Å². The summed E-state index contributed by atoms with van der Waals surface area (Å²) in [6.45, 7) is 0. The van der Waals surface area contributed by atoms with E-state index in [1.54, 1.807) is 18.4 Å². The minimum Gasteiger partial charge on any atom is -0.487 e. The zero-order valence-corrected chi connectivity index (χ0v) is 8.00. The van der Waals surface area contributed by atoms with Crippen LogP contribution in [0.3, 0.4) is 0 Å². The molecular formula is C8H6O2S2. The average molecular weight is 198 g/mol. The van der Waals surface area contributed by atoms with Crippen LogP contribution in [0.1, 0.15) is 9.67 Å². The Balaban J connectivity index is 2.58. The first-order valence-electron chi connectivity index (χ1n) is 3.36. The lowest BCUT2D eigenvalue weighted by atomic mass is 10.5. The molecule has 0 aliphatic carbocycles. The summed E-state index contributed by atoms with van der Waals surface area (Å²) in [5, 5.41) is 0.897. The Morgan fingerprint density at radius 3 is 2.67 bits per heavy atom. The standard InChI is InChI=1S/C8H6O2S2/c1-10-8-3-7-6(12-8)2-5(4-9)11-7/h2-4H,1H3. The van der Waals surface area contributed by atoms with Crippen LogP contribution in [0.5, 0.6) is 5.06 Å². The molecule has 4 heteroatoms. The molecule has 2 aromatic rings. The molecule has 0 spiro atoms. The SMILES string of the molecule is COc1cc2sc(C=O)cc2s1. The van der Waals surface area contributed by atoms with E-state index in [0.29, 0.717) is 0 Å². The highest BCUT2D eigenvalue weighted by Crippen LogP contribution is 2.36. The van der Waals surface area contributed by atoms with Crippen LogP contribution in [0.2, 0.25) is 0 Å². The lowest BCUT2D eigenvalue weighted by Gasteiger charge is -1.87. The first-order chi connectivity index (χ1) is 5.83. The summed E-state index contributed by atoms with van der Waals surface area (Å²) in [6.07, 6.45) is 0.879. The molecular weight excluding hydrogens is 192 g/mol. The lowest BCUT2D eigenvalue weighted by molar-refractivity contribution is 0.112. The van der Waals surface area contributed by atoms with Crippen molar-refractivity contribution in [3.05, 3.63) is 17.0 Å². The summed E-state index contributed by atoms with van der Waals surface area (Å²) >= 11 is 3.06. The van der Waals surface area contributed by atoms with E-state index in [0.717, 1.165) is 25.6 Å². The van der Waals surface area contributed by atoms with Crippen molar-refractivity contribution >= 4 is 38.4 Å². The van der Waals surface area contributed by atoms with Gasteiger partial charge in [0.25, 0.3) is 0 Å². The van der Waals surface area contributed by atoms with Crippen molar-refractivity contribution in [1.82, 2.24) is 0 Å². The van der Waals surface area contributed by atoms with E-state index in [-0.39, 0.29) is 0 Å². The van der Waals surface area contributed by atoms with E-state index in [1.807, 2.05) is 12.1 Å². The maximum Gasteiger partial charge on any atom is 0.175 e. The molecule has 0 saturated heterocycles. The van der Waals surface area contributed by atoms with E-state index in [4.69, 9.17) is 4.74 Å². The van der Waals surface area contributed by atoms with Gasteiger partial charge in [-0.15, -0.1) is 11.3 Å². The van der Waals surface area contributed by atoms with Crippen LogP contribution in [-0.2, 0) is 0 Å². The van der Waals surface area contributed by atoms with Gasteiger partial charge in [0.15, 0.2) is 11.3 Å². The van der Waals surface area contributed by atoms with Crippen LogP contribution in [0.4, 0.5) is 0 Å². The molecule has 0 amide bonds. The van der Waals surface area contributed by atoms with E-state index >= 15 is 0 Å². The summed E-state index contributed by atoms with van der Waals surface area (Å²) < 4.78 is 7.32. The first-order valence-corrected chi connectivity index (χ1v) is 4.99. The number of fused-ring (bicyclic) bond motifs is 1. The Morgan fingerprint density at radius 2 is 2.08 bits per heavy atom. The normalized spacial score (nSPS) is 10.4. The Bertz CT molecular complexity index is 382. The van der Waals surface area contributed by atoms with Crippen molar-refractivity contribution in [3.63, 3.8) is 0 Å². The summed E-state index contributed by atoms with van der Waals surface area (Å²) in [5.41, 5.74) is 0. The molecule has 2 aromatic heterocycles. The summed E-state index contributed by atoms with van der Waals surface area (Å²) in [4.78, 5) is 11.2. The summed E-state index contributed by atoms with van der Waals surface area (Å²) in [5.74, 6) is 0. The van der Waals surface area contributed by atoms with Gasteiger partial charge in [-0.3, -0.25) is 4.79 Å². The van der Waals surface area contributed by atoms with Gasteiger partial charge in [0, 0.05) is 15.5 Å². The van der Waals surface area contributed by atoms with Gasteiger partial charge in [-0.2, -0.15) is 0 Å². The molecule has 0 radical (unpaired) electrons. The van der Waals surface area contributed by atoms with Crippen molar-refractivity contribution < 1.29 is 9.53 Å². The second kappa shape index (κ2) is 2.88. The van der Waals surface area contributed by atoms with Crippen molar-refractivity contribution in [3.8, 4) is 5.06 Å². The number of hydrogen-bond acceptors (Lipinski definition) is 4. The largest absolute Gasteiger partial charge is 0.487 e. The fourth-order valence-corrected chi connectivity index (χ4v) is 3.02. The van der Waals surface area contributed by atoms with E-state index in [1.165, 1.54) is 11.3 Å². The van der Waals surface area contributed by atoms with Crippen LogP contribution >= 0.6 is 22.7 Å². The fraction of sp³-hybridized carbons (Fsp3) is 0.125. The molecule has 2 heterocycles. The molecule has 0 aromatic carbocycles. The number of aldehydes is 1. The molecule has 0 fully saturated rings. The molecule has 2 rings (SSSR count). The topological polar surface area (TPSA) is 26.3 Å². The Kier molecular flexibility index (Phi) is 1.86. The molecule has 0 unspecified atom stereocenters. The summed E-state index contributed by atoms with van der Waals surface area (Å²) in [7, 11) is 1.65. The average Bonchev–Trinajstić information content (AvgIpc) is 2.59. The predicted molar refractivity (Wildman–Crippen MR) is 51.6 cm³/mol. The third kappa shape index (κ3) is 1.13. The third-order valence-electron chi connectivity index (χ3n) is 1.52. The highest BCUT2D eigenvalue weighted by atomic mass is 32.1. The molecule has 62 valence electrons. The predicted octanol–water partition coefficient (Wildman–Crippen LogP) is 2.78. The Labute approximate surface area is 77.4 Å². The van der Waals surface area contributed by atoms with Gasteiger partial charge in [-0.05, 0) is 6.07 Å². The molecule has 0 N–H and O–H groups in total. The second-order valence-electron chi connectivity index (χ2n) is 2.26. The number of carbonyl (C=O) groups is 1. The van der Waals surface area contributed by atoms with Crippen molar-refractivity contribution in [2.75, 3.05) is 7.11 Å². The minimum absolute atomic E-state index is 0.777. The fourth-order valence-electron chi connectivity index (χ4n) is 0.991. The smallest absolute Gasteiger partial charge is 0.175 e. The van der Waals surface area contributed by atoms with Crippen LogP contribution < -0.4 is 4.74 Å². The van der Waals surface area contributed by atoms with Crippen molar-refractivity contribution in [1.29, 1.82) is 0 Å². The highest BCUT2D eigenvalue weighted by Gasteiger charge is 2.05. The zero-order valence-electron chi connectivity index (χ0n) is 6.37. The second-order valence-corrected chi connectivity index (χ2v) is 4.43. The molecule has 0 bridgehead atoms. The lowest BCUT2D eigenvalue weighted by Crippen LogP contribution is -1.73. The van der Waals surface area contributed by atoms with Crippen LogP contribution in [0, 0.1) is 0 Å². The van der Waals surface area contributed by atoms with Gasteiger partial charge in [-0.1, -0.05) is 11.3 Å². The number of methoxy groups -OCH3 is 1. The zero-order chi connectivity index (χ0) is 8.55. The molecule has 0 aliphatic rings. The minimum atomic E-state index is 0.777. The van der Waals surface area contributed by atoms with Crippen LogP contribution in [0.25, 0.3) is 9.40 Å². The molecule has 0 atom stereocenters. The number of thiophene rings is 2. The van der Waals surface area contributed by atoms with E-state index in [9.17, 15) is 4.79 Å². The number of rotatable bonds is 2. The van der Waals surface area contributed by atoms with Crippen molar-refractivity contribution in [2.45, 2.75) is 0 Å². The quantitative estimate of drug-likeness (QED) is 0.693. The number of carbonyl (C=O) groups excluding carboxylic acids is 1. The van der Waals surface area contributed by atoms with Gasteiger partial charge in [0.1, 0.15) is 0 Å². The first kappa shape index (κ1) is 7.76. The number of hydrogen-bond donors (Lipinski definition) is 0. The van der Waals surface area contributed by atoms with Crippen molar-refractivity contribution in [2.24, 2.45) is 0 Å². The molecule has 12 heavy (non-hydrogen) atoms. The Morgan fingerprint density at radius 1 is 1.33 bits per heavy atom. The van der Waals surface area contributed by atoms with Crippen LogP contribution in [0.15, 0.2) is 12.1 Å². The molecule has 2 nitrogen and oxygen atoms in total. The maximum atomic E-state index is 10.4. The van der Waals surface area contributed by atoms with Crippen LogP contribution in [-0.4, -0.2) is 13.4 Å².